The van der Waals surface area contributed by atoms with Crippen LogP contribution in [-0.2, 0) is 23.7 Å². The third-order valence-electron chi connectivity index (χ3n) is 16.0. The summed E-state index contributed by atoms with van der Waals surface area (Å²) in [6, 6.07) is -0.933. The molecular weight excluding hydrogens is 1070 g/mol. The number of aliphatic hydroxyl groups is 8. The molecule has 490 valence electrons. The van der Waals surface area contributed by atoms with Crippen LogP contribution in [0.25, 0.3) is 0 Å². The van der Waals surface area contributed by atoms with Crippen molar-refractivity contribution in [2.24, 2.45) is 0 Å². The maximum Gasteiger partial charge on any atom is 0.220 e. The van der Waals surface area contributed by atoms with E-state index in [0.717, 1.165) is 70.6 Å². The molecule has 0 aromatic heterocycles. The number of ether oxygens (including phenoxy) is 4. The first-order valence-corrected chi connectivity index (χ1v) is 34.0. The summed E-state index contributed by atoms with van der Waals surface area (Å²) >= 11 is 0. The molecular formula is C71H123NO13. The van der Waals surface area contributed by atoms with E-state index in [4.69, 9.17) is 18.9 Å². The molecule has 0 aromatic rings. The van der Waals surface area contributed by atoms with Crippen molar-refractivity contribution in [1.82, 2.24) is 5.32 Å². The van der Waals surface area contributed by atoms with Gasteiger partial charge in [0.15, 0.2) is 12.6 Å². The number of carbonyl (C=O) groups is 1. The van der Waals surface area contributed by atoms with E-state index in [-0.39, 0.29) is 18.9 Å². The second-order valence-electron chi connectivity index (χ2n) is 23.6. The minimum atomic E-state index is -1.79. The number of rotatable bonds is 54. The molecule has 2 rings (SSSR count). The number of amides is 1. The van der Waals surface area contributed by atoms with Gasteiger partial charge in [-0.2, -0.15) is 0 Å². The first-order chi connectivity index (χ1) is 41.6. The largest absolute Gasteiger partial charge is 0.394 e. The van der Waals surface area contributed by atoms with Crippen molar-refractivity contribution in [3.8, 4) is 0 Å². The van der Waals surface area contributed by atoms with Gasteiger partial charge in [0.25, 0.3) is 0 Å². The van der Waals surface area contributed by atoms with Gasteiger partial charge in [-0.25, -0.2) is 0 Å². The predicted octanol–water partition coefficient (Wildman–Crippen LogP) is 13.4. The standard InChI is InChI=1S/C71H123NO13/c1-3-5-7-9-11-13-15-17-18-19-20-21-22-23-24-25-26-27-28-29-30-31-32-33-34-35-36-37-38-39-40-41-42-43-45-47-49-51-53-55-63(76)72-59(60(75)54-52-50-48-46-44-16-14-12-10-8-6-4-2)58-82-70-68(81)66(79)69(62(57-74)84-70)85-71-67(80)65(78)64(77)61(56-73)83-71/h5,7,11,13,17-18,20-21,23-24,26-27,44,46,52,54,59-62,64-71,73-75,77-81H,3-4,6,8-10,12,14-16,19,22,25,28-43,45,47-51,53,55-58H2,1-2H3,(H,72,76)/b7-5-,13-11-,18-17-,21-20-,24-23-,27-26-,46-44+,54-52+. The first-order valence-electron chi connectivity index (χ1n) is 34.0. The molecule has 0 aromatic carbocycles. The Kier molecular flexibility index (Phi) is 50.5. The lowest BCUT2D eigenvalue weighted by atomic mass is 9.97. The van der Waals surface area contributed by atoms with E-state index in [1.54, 1.807) is 6.08 Å². The Bertz CT molecular complexity index is 1800. The molecule has 14 heteroatoms. The van der Waals surface area contributed by atoms with E-state index in [0.29, 0.717) is 12.8 Å². The Balaban J connectivity index is 1.57. The fourth-order valence-corrected chi connectivity index (χ4v) is 10.6. The summed E-state index contributed by atoms with van der Waals surface area (Å²) in [5, 5.41) is 87.1. The summed E-state index contributed by atoms with van der Waals surface area (Å²) in [7, 11) is 0. The third kappa shape index (κ3) is 39.5. The Morgan fingerprint density at radius 3 is 1.29 bits per heavy atom. The third-order valence-corrected chi connectivity index (χ3v) is 16.0. The van der Waals surface area contributed by atoms with Crippen molar-refractivity contribution in [2.45, 2.75) is 325 Å². The van der Waals surface area contributed by atoms with Gasteiger partial charge < -0.3 is 65.1 Å². The number of allylic oxidation sites excluding steroid dienone is 15. The molecule has 2 heterocycles. The highest BCUT2D eigenvalue weighted by Gasteiger charge is 2.51. The van der Waals surface area contributed by atoms with Crippen molar-refractivity contribution in [3.05, 3.63) is 97.2 Å². The molecule has 0 aliphatic carbocycles. The normalized spacial score (nSPS) is 24.2. The lowest BCUT2D eigenvalue weighted by molar-refractivity contribution is -0.359. The quantitative estimate of drug-likeness (QED) is 0.0204. The average Bonchev–Trinajstić information content (AvgIpc) is 3.60. The number of unbranched alkanes of at least 4 members (excludes halogenated alkanes) is 27. The lowest BCUT2D eigenvalue weighted by Crippen LogP contribution is -2.65. The molecule has 12 atom stereocenters. The van der Waals surface area contributed by atoms with Crippen molar-refractivity contribution < 1.29 is 64.6 Å². The van der Waals surface area contributed by atoms with Crippen LogP contribution in [0.15, 0.2) is 97.2 Å². The molecule has 2 aliphatic heterocycles. The van der Waals surface area contributed by atoms with Crippen LogP contribution in [0.2, 0.25) is 0 Å². The van der Waals surface area contributed by atoms with E-state index in [9.17, 15) is 45.6 Å². The summed E-state index contributed by atoms with van der Waals surface area (Å²) < 4.78 is 22.8. The van der Waals surface area contributed by atoms with Gasteiger partial charge in [0, 0.05) is 6.42 Å². The number of hydrogen-bond acceptors (Lipinski definition) is 13. The molecule has 85 heavy (non-hydrogen) atoms. The highest BCUT2D eigenvalue weighted by molar-refractivity contribution is 5.76. The van der Waals surface area contributed by atoms with Gasteiger partial charge in [0.2, 0.25) is 5.91 Å². The maximum absolute atomic E-state index is 13.3. The number of aliphatic hydroxyl groups excluding tert-OH is 8. The molecule has 12 unspecified atom stereocenters. The van der Waals surface area contributed by atoms with Gasteiger partial charge >= 0.3 is 0 Å². The minimum absolute atomic E-state index is 0.250. The van der Waals surface area contributed by atoms with Gasteiger partial charge in [0.05, 0.1) is 32.0 Å². The van der Waals surface area contributed by atoms with Crippen LogP contribution in [0, 0.1) is 0 Å². The Labute approximate surface area is 515 Å². The highest BCUT2D eigenvalue weighted by atomic mass is 16.7. The lowest BCUT2D eigenvalue weighted by Gasteiger charge is -2.46. The molecule has 14 nitrogen and oxygen atoms in total. The van der Waals surface area contributed by atoms with Gasteiger partial charge in [-0.3, -0.25) is 4.79 Å². The molecule has 2 fully saturated rings. The smallest absolute Gasteiger partial charge is 0.220 e. The summed E-state index contributed by atoms with van der Waals surface area (Å²) in [5.41, 5.74) is 0. The fraction of sp³-hybridized carbons (Fsp3) is 0.761. The zero-order chi connectivity index (χ0) is 61.6. The van der Waals surface area contributed by atoms with Crippen LogP contribution in [0.3, 0.4) is 0 Å². The number of carbonyl (C=O) groups excluding carboxylic acids is 1. The molecule has 1 amide bonds. The zero-order valence-electron chi connectivity index (χ0n) is 53.1. The van der Waals surface area contributed by atoms with Crippen molar-refractivity contribution >= 4 is 5.91 Å². The molecule has 2 aliphatic rings. The van der Waals surface area contributed by atoms with E-state index in [1.807, 2.05) is 6.08 Å². The Hall–Kier alpha value is -3.09. The SMILES string of the molecule is CC/C=C\C/C=C\C/C=C\C/C=C\C/C=C\C/C=C\CCCCCCCCCCCCCCCCCCCCCCC(=O)NC(COC1OC(CO)C(OC2OC(CO)C(O)C(O)C2O)C(O)C1O)C(O)/C=C/CC/C=C/CCCCCCCC. The highest BCUT2D eigenvalue weighted by Crippen LogP contribution is 2.30. The van der Waals surface area contributed by atoms with Crippen molar-refractivity contribution in [3.63, 3.8) is 0 Å². The minimum Gasteiger partial charge on any atom is -0.394 e. The van der Waals surface area contributed by atoms with Crippen LogP contribution in [0.4, 0.5) is 0 Å². The molecule has 9 N–H and O–H groups in total. The fourth-order valence-electron chi connectivity index (χ4n) is 10.6. The van der Waals surface area contributed by atoms with Crippen LogP contribution >= 0.6 is 0 Å². The van der Waals surface area contributed by atoms with Crippen molar-refractivity contribution in [2.75, 3.05) is 19.8 Å². The summed E-state index contributed by atoms with van der Waals surface area (Å²) in [4.78, 5) is 13.3. The molecule has 2 saturated heterocycles. The van der Waals surface area contributed by atoms with Crippen LogP contribution in [-0.4, -0.2) is 140 Å². The van der Waals surface area contributed by atoms with E-state index in [2.05, 4.69) is 104 Å². The molecule has 0 radical (unpaired) electrons. The summed E-state index contributed by atoms with van der Waals surface area (Å²) in [6.45, 7) is 2.64. The van der Waals surface area contributed by atoms with Gasteiger partial charge in [-0.1, -0.05) is 259 Å². The number of nitrogens with one attached hydrogen (secondary N) is 1. The summed E-state index contributed by atoms with van der Waals surface area (Å²) in [6.07, 6.45) is 60.6. The van der Waals surface area contributed by atoms with Crippen LogP contribution in [0.5, 0.6) is 0 Å². The van der Waals surface area contributed by atoms with Crippen LogP contribution in [0.1, 0.15) is 251 Å². The van der Waals surface area contributed by atoms with E-state index < -0.39 is 86.8 Å². The Morgan fingerprint density at radius 2 is 0.824 bits per heavy atom. The second kappa shape index (κ2) is 55.0. The monoisotopic (exact) mass is 1200 g/mol. The van der Waals surface area contributed by atoms with Crippen molar-refractivity contribution in [1.29, 1.82) is 0 Å². The molecule has 0 saturated carbocycles. The topological polar surface area (TPSA) is 228 Å². The Morgan fingerprint density at radius 1 is 0.435 bits per heavy atom. The van der Waals surface area contributed by atoms with Crippen LogP contribution < -0.4 is 5.32 Å². The predicted molar refractivity (Wildman–Crippen MR) is 346 cm³/mol. The molecule has 0 bridgehead atoms. The summed E-state index contributed by atoms with van der Waals surface area (Å²) in [5.74, 6) is -0.250. The van der Waals surface area contributed by atoms with Gasteiger partial charge in [0.1, 0.15) is 48.8 Å². The first kappa shape index (κ1) is 78.0. The second-order valence-corrected chi connectivity index (χ2v) is 23.6. The van der Waals surface area contributed by atoms with E-state index >= 15 is 0 Å². The number of hydrogen-bond donors (Lipinski definition) is 9. The van der Waals surface area contributed by atoms with E-state index in [1.165, 1.54) is 148 Å². The molecule has 0 spiro atoms. The maximum atomic E-state index is 13.3. The van der Waals surface area contributed by atoms with Gasteiger partial charge in [-0.05, 0) is 83.5 Å². The average molecular weight is 1200 g/mol. The van der Waals surface area contributed by atoms with Gasteiger partial charge in [-0.15, -0.1) is 0 Å². The zero-order valence-corrected chi connectivity index (χ0v) is 53.1.